The molecule has 0 radical (unpaired) electrons. The van der Waals surface area contributed by atoms with E-state index in [-0.39, 0.29) is 13.1 Å². The molecule has 0 aliphatic rings. The number of nitrogens with zero attached hydrogens (tertiary/aromatic N) is 3. The third-order valence-electron chi connectivity index (χ3n) is 8.46. The van der Waals surface area contributed by atoms with E-state index in [0.29, 0.717) is 23.7 Å². The topological polar surface area (TPSA) is 37.6 Å². The molecule has 0 aliphatic heterocycles. The fourth-order valence-corrected chi connectivity index (χ4v) is 5.94. The summed E-state index contributed by atoms with van der Waals surface area (Å²) >= 11 is 0.194. The zero-order valence-corrected chi connectivity index (χ0v) is 32.3. The Labute approximate surface area is 308 Å². The van der Waals surface area contributed by atoms with E-state index in [1.807, 2.05) is 12.1 Å². The molecule has 0 saturated carbocycles. The van der Waals surface area contributed by atoms with E-state index in [1.54, 1.807) is 0 Å². The van der Waals surface area contributed by atoms with Crippen LogP contribution in [0.5, 0.6) is 0 Å². The van der Waals surface area contributed by atoms with Crippen LogP contribution in [0, 0.1) is 0 Å². The van der Waals surface area contributed by atoms with E-state index in [1.165, 1.54) is 22.3 Å². The predicted octanol–water partition coefficient (Wildman–Crippen LogP) is 13.3. The van der Waals surface area contributed by atoms with Gasteiger partial charge in [0.1, 0.15) is 0 Å². The second-order valence-corrected chi connectivity index (χ2v) is 15.1. The van der Waals surface area contributed by atoms with Gasteiger partial charge in [-0.25, -0.2) is 15.0 Å². The number of pyridine rings is 1. The van der Waals surface area contributed by atoms with Crippen LogP contribution in [0.3, 0.4) is 0 Å². The molecular weight excluding hydrogens is 685 g/mol. The van der Waals surface area contributed by atoms with Crippen LogP contribution in [-0.4, -0.2) is 16.4 Å². The Morgan fingerprint density at radius 1 is 0.449 bits per heavy atom. The second kappa shape index (κ2) is 18.5. The van der Waals surface area contributed by atoms with Crippen molar-refractivity contribution in [3.63, 3.8) is 0 Å². The fourth-order valence-electron chi connectivity index (χ4n) is 5.94. The van der Waals surface area contributed by atoms with Gasteiger partial charge in [-0.15, -0.1) is 0 Å². The molecule has 3 nitrogen and oxygen atoms in total. The molecule has 1 aromatic heterocycles. The molecule has 0 amide bonds. The van der Waals surface area contributed by atoms with E-state index in [0.717, 1.165) is 45.3 Å². The molecule has 0 aliphatic carbocycles. The predicted molar refractivity (Wildman–Crippen MR) is 209 cm³/mol. The summed E-state index contributed by atoms with van der Waals surface area (Å²) in [6.45, 7) is 17.9. The average Bonchev–Trinajstić information content (AvgIpc) is 3.10. The van der Waals surface area contributed by atoms with Crippen molar-refractivity contribution in [3.8, 4) is 0 Å². The van der Waals surface area contributed by atoms with Crippen LogP contribution >= 0.6 is 20.2 Å². The van der Waals surface area contributed by atoms with E-state index >= 15 is 0 Å². The van der Waals surface area contributed by atoms with E-state index < -0.39 is 0 Å². The molecule has 5 aromatic rings. The molecule has 5 rings (SSSR count). The molecular formula is C43H47Cl2FeN3. The number of halogens is 2. The van der Waals surface area contributed by atoms with Gasteiger partial charge in [0.05, 0.1) is 34.2 Å². The molecule has 49 heavy (non-hydrogen) atoms. The van der Waals surface area contributed by atoms with Crippen molar-refractivity contribution in [2.75, 3.05) is 0 Å². The zero-order chi connectivity index (χ0) is 35.5. The molecule has 0 atom stereocenters. The Bertz CT molecular complexity index is 1680. The monoisotopic (exact) mass is 731 g/mol. The van der Waals surface area contributed by atoms with Gasteiger partial charge in [0, 0.05) is 11.1 Å². The number of benzene rings is 4. The molecule has 0 saturated heterocycles. The minimum atomic E-state index is 0.194. The van der Waals surface area contributed by atoms with Gasteiger partial charge >= 0.3 is 33.3 Å². The molecule has 0 N–H and O–H groups in total. The first-order valence-corrected chi connectivity index (χ1v) is 20.0. The summed E-state index contributed by atoms with van der Waals surface area (Å²) in [4.78, 5) is 16.3. The van der Waals surface area contributed by atoms with E-state index in [2.05, 4.69) is 159 Å². The normalized spacial score (nSPS) is 12.2. The molecule has 4 aromatic carbocycles. The van der Waals surface area contributed by atoms with E-state index in [9.17, 15) is 0 Å². The van der Waals surface area contributed by atoms with E-state index in [4.69, 9.17) is 35.2 Å². The summed E-state index contributed by atoms with van der Waals surface area (Å²) in [6, 6.07) is 40.3. The number of rotatable bonds is 10. The number of aromatic nitrogens is 1. The van der Waals surface area contributed by atoms with Crippen molar-refractivity contribution < 1.29 is 13.1 Å². The first-order chi connectivity index (χ1) is 23.6. The van der Waals surface area contributed by atoms with Crippen LogP contribution < -0.4 is 0 Å². The van der Waals surface area contributed by atoms with Gasteiger partial charge in [0.15, 0.2) is 0 Å². The van der Waals surface area contributed by atoms with Gasteiger partial charge in [-0.3, -0.25) is 0 Å². The Balaban J connectivity index is 0.00000174. The molecule has 0 spiro atoms. The molecule has 1 heterocycles. The van der Waals surface area contributed by atoms with Crippen molar-refractivity contribution in [3.05, 3.63) is 160 Å². The van der Waals surface area contributed by atoms with Gasteiger partial charge in [-0.05, 0) is 58.1 Å². The summed E-state index contributed by atoms with van der Waals surface area (Å²) < 4.78 is 0. The first-order valence-electron chi connectivity index (χ1n) is 16.9. The SMILES string of the molecule is CC(C)c1cccc(C(C)C)c1N=C(c1ccccc1)c1cccc(C(=Nc2c(C(C)C)cccc2C(C)C)c2ccccc2)n1.[Cl][Fe][Cl]. The number of aliphatic imine (C=N–C) groups is 2. The third kappa shape index (κ3) is 9.80. The van der Waals surface area contributed by atoms with Gasteiger partial charge in [-0.2, -0.15) is 0 Å². The molecule has 0 fully saturated rings. The third-order valence-corrected chi connectivity index (χ3v) is 8.46. The zero-order valence-electron chi connectivity index (χ0n) is 29.7. The Kier molecular flexibility index (Phi) is 14.4. The van der Waals surface area contributed by atoms with Gasteiger partial charge < -0.3 is 0 Å². The van der Waals surface area contributed by atoms with Crippen LogP contribution in [0.1, 0.15) is 124 Å². The Morgan fingerprint density at radius 2 is 0.735 bits per heavy atom. The van der Waals surface area contributed by atoms with Gasteiger partial charge in [0.2, 0.25) is 0 Å². The Hall–Kier alpha value is -3.53. The van der Waals surface area contributed by atoms with Crippen LogP contribution in [0.2, 0.25) is 0 Å². The van der Waals surface area contributed by atoms with Crippen molar-refractivity contribution >= 4 is 43.0 Å². The summed E-state index contributed by atoms with van der Waals surface area (Å²) in [7, 11) is 9.53. The molecule has 0 unspecified atom stereocenters. The summed E-state index contributed by atoms with van der Waals surface area (Å²) in [5.41, 5.74) is 12.5. The minimum absolute atomic E-state index is 0.194. The van der Waals surface area contributed by atoms with Crippen molar-refractivity contribution in [1.29, 1.82) is 0 Å². The van der Waals surface area contributed by atoms with Crippen molar-refractivity contribution in [2.24, 2.45) is 9.98 Å². The molecule has 0 bridgehead atoms. The maximum absolute atomic E-state index is 5.49. The molecule has 6 heteroatoms. The van der Waals surface area contributed by atoms with Crippen LogP contribution in [-0.2, 0) is 13.1 Å². The second-order valence-electron chi connectivity index (χ2n) is 13.3. The van der Waals surface area contributed by atoms with Crippen LogP contribution in [0.15, 0.2) is 125 Å². The molecule has 256 valence electrons. The number of hydrogen-bond donors (Lipinski definition) is 0. The van der Waals surface area contributed by atoms with Crippen LogP contribution in [0.4, 0.5) is 11.4 Å². The number of para-hydroxylation sites is 2. The summed E-state index contributed by atoms with van der Waals surface area (Å²) in [5.74, 6) is 1.34. The van der Waals surface area contributed by atoms with Gasteiger partial charge in [0.25, 0.3) is 0 Å². The average molecular weight is 733 g/mol. The van der Waals surface area contributed by atoms with Gasteiger partial charge in [-0.1, -0.05) is 159 Å². The standard InChI is InChI=1S/C43H47N3.2ClH.Fe/c1-28(2)34-22-15-23-35(29(3)4)42(34)45-40(32-18-11-9-12-19-32)38-26-17-27-39(44-38)41(33-20-13-10-14-21-33)46-43-36(30(5)6)24-16-25-37(43)31(7)8;;;/h9-31H,1-8H3;2*1H;/q;;;+2/p-2. The van der Waals surface area contributed by atoms with Crippen LogP contribution in [0.25, 0.3) is 0 Å². The summed E-state index contributed by atoms with van der Waals surface area (Å²) in [6.07, 6.45) is 0. The fraction of sp³-hybridized carbons (Fsp3) is 0.279. The quantitative estimate of drug-likeness (QED) is 0.104. The number of hydrogen-bond acceptors (Lipinski definition) is 3. The maximum atomic E-state index is 5.49. The summed E-state index contributed by atoms with van der Waals surface area (Å²) in [5, 5.41) is 0. The Morgan fingerprint density at radius 3 is 1.02 bits per heavy atom. The van der Waals surface area contributed by atoms with Crippen molar-refractivity contribution in [2.45, 2.75) is 79.1 Å². The van der Waals surface area contributed by atoms with Crippen molar-refractivity contribution in [1.82, 2.24) is 4.98 Å². The first kappa shape index (κ1) is 38.3.